The quantitative estimate of drug-likeness (QED) is 0.849. The van der Waals surface area contributed by atoms with Gasteiger partial charge in [-0.3, -0.25) is 8.74 Å². The maximum atomic E-state index is 9.33. The van der Waals surface area contributed by atoms with Crippen molar-refractivity contribution in [2.45, 2.75) is 50.9 Å². The van der Waals surface area contributed by atoms with Crippen LogP contribution in [0.4, 0.5) is 0 Å². The molecule has 1 N–H and O–H groups in total. The van der Waals surface area contributed by atoms with Gasteiger partial charge in [0.15, 0.2) is 0 Å². The molecule has 2 aliphatic carbocycles. The topological polar surface area (TPSA) is 63.6 Å². The van der Waals surface area contributed by atoms with Crippen molar-refractivity contribution in [1.29, 1.82) is 0 Å². The molecular formula is C17H24O4S. The van der Waals surface area contributed by atoms with E-state index < -0.39 is 10.4 Å². The Bertz CT molecular complexity index is 640. The second kappa shape index (κ2) is 6.94. The van der Waals surface area contributed by atoms with Crippen LogP contribution in [-0.4, -0.2) is 20.1 Å². The molecular weight excluding hydrogens is 300 g/mol. The summed E-state index contributed by atoms with van der Waals surface area (Å²) in [6.07, 6.45) is 10.6. The molecule has 0 amide bonds. The van der Waals surface area contributed by atoms with Gasteiger partial charge in [0.1, 0.15) is 0 Å². The Balaban J connectivity index is 0.000000254. The Kier molecular flexibility index (Phi) is 5.42. The summed E-state index contributed by atoms with van der Waals surface area (Å²) >= 11 is 0. The number of hydrogen-bond acceptors (Lipinski definition) is 3. The van der Waals surface area contributed by atoms with Gasteiger partial charge in [0.05, 0.1) is 7.11 Å². The Labute approximate surface area is 133 Å². The van der Waals surface area contributed by atoms with Crippen molar-refractivity contribution in [3.8, 4) is 0 Å². The molecule has 3 rings (SSSR count). The first-order valence-corrected chi connectivity index (χ1v) is 9.13. The second-order valence-electron chi connectivity index (χ2n) is 5.89. The predicted molar refractivity (Wildman–Crippen MR) is 88.0 cm³/mol. The number of allylic oxidation sites excluding steroid dienone is 1. The van der Waals surface area contributed by atoms with Crippen LogP contribution in [0.25, 0.3) is 6.08 Å². The van der Waals surface area contributed by atoms with Crippen LogP contribution in [0.5, 0.6) is 0 Å². The van der Waals surface area contributed by atoms with E-state index in [1.807, 2.05) is 0 Å². The highest BCUT2D eigenvalue weighted by Crippen LogP contribution is 2.53. The Morgan fingerprint density at radius 2 is 1.82 bits per heavy atom. The molecule has 0 atom stereocenters. The van der Waals surface area contributed by atoms with Crippen molar-refractivity contribution >= 4 is 16.5 Å². The fourth-order valence-corrected chi connectivity index (χ4v) is 3.71. The number of fused-ring (bicyclic) bond motifs is 2. The van der Waals surface area contributed by atoms with Crippen LogP contribution in [-0.2, 0) is 20.0 Å². The minimum absolute atomic E-state index is 0.451. The van der Waals surface area contributed by atoms with Gasteiger partial charge < -0.3 is 0 Å². The summed E-state index contributed by atoms with van der Waals surface area (Å²) in [7, 11) is -3.29. The van der Waals surface area contributed by atoms with Gasteiger partial charge in [-0.05, 0) is 30.4 Å². The van der Waals surface area contributed by atoms with E-state index in [0.29, 0.717) is 5.41 Å². The summed E-state index contributed by atoms with van der Waals surface area (Å²) in [5.74, 6) is 0. The number of hydrogen-bond donors (Lipinski definition) is 1. The molecule has 5 heteroatoms. The Morgan fingerprint density at radius 1 is 1.23 bits per heavy atom. The van der Waals surface area contributed by atoms with Gasteiger partial charge in [-0.25, -0.2) is 0 Å². The molecule has 1 fully saturated rings. The molecule has 22 heavy (non-hydrogen) atoms. The largest absolute Gasteiger partial charge is 0.397 e. The lowest BCUT2D eigenvalue weighted by molar-refractivity contribution is 0.324. The van der Waals surface area contributed by atoms with Gasteiger partial charge in [0.25, 0.3) is 0 Å². The molecule has 0 unspecified atom stereocenters. The second-order valence-corrected chi connectivity index (χ2v) is 7.08. The van der Waals surface area contributed by atoms with Gasteiger partial charge in [-0.1, -0.05) is 62.1 Å². The third-order valence-electron chi connectivity index (χ3n) is 4.61. The van der Waals surface area contributed by atoms with Crippen molar-refractivity contribution in [1.82, 2.24) is 0 Å². The van der Waals surface area contributed by atoms with E-state index in [1.54, 1.807) is 11.1 Å². The molecule has 0 radical (unpaired) electrons. The maximum absolute atomic E-state index is 9.33. The molecule has 4 nitrogen and oxygen atoms in total. The summed E-state index contributed by atoms with van der Waals surface area (Å²) in [4.78, 5) is 0. The van der Waals surface area contributed by atoms with Crippen LogP contribution < -0.4 is 0 Å². The maximum Gasteiger partial charge on any atom is 0.397 e. The normalized spacial score (nSPS) is 18.6. The average molecular weight is 324 g/mol. The molecule has 2 aliphatic rings. The zero-order valence-corrected chi connectivity index (χ0v) is 14.0. The molecule has 0 aromatic heterocycles. The van der Waals surface area contributed by atoms with Crippen molar-refractivity contribution in [2.24, 2.45) is 0 Å². The smallest absolute Gasteiger partial charge is 0.264 e. The fraction of sp³-hybridized carbons (Fsp3) is 0.529. The Hall–Kier alpha value is -1.17. The SMILES string of the molecule is CCCC1=Cc2ccccc2C12CCCC2.COS(=O)(=O)O. The van der Waals surface area contributed by atoms with Crippen LogP contribution in [0.1, 0.15) is 56.6 Å². The summed E-state index contributed by atoms with van der Waals surface area (Å²) in [6.45, 7) is 2.30. The van der Waals surface area contributed by atoms with Gasteiger partial charge in [0, 0.05) is 5.41 Å². The molecule has 122 valence electrons. The molecule has 0 aliphatic heterocycles. The van der Waals surface area contributed by atoms with Crippen molar-refractivity contribution in [2.75, 3.05) is 7.11 Å². The first kappa shape index (κ1) is 17.2. The average Bonchev–Trinajstić information content (AvgIpc) is 3.08. The molecule has 1 spiro atoms. The van der Waals surface area contributed by atoms with Crippen LogP contribution in [0.2, 0.25) is 0 Å². The van der Waals surface area contributed by atoms with Crippen molar-refractivity contribution in [3.63, 3.8) is 0 Å². The molecule has 1 saturated carbocycles. The summed E-state index contributed by atoms with van der Waals surface area (Å²) in [5.41, 5.74) is 5.28. The zero-order valence-electron chi connectivity index (χ0n) is 13.2. The molecule has 0 heterocycles. The highest BCUT2D eigenvalue weighted by molar-refractivity contribution is 7.80. The summed E-state index contributed by atoms with van der Waals surface area (Å²) in [5, 5.41) is 0. The third kappa shape index (κ3) is 3.59. The molecule has 0 bridgehead atoms. The molecule has 0 saturated heterocycles. The number of rotatable bonds is 3. The highest BCUT2D eigenvalue weighted by atomic mass is 32.3. The van der Waals surface area contributed by atoms with E-state index in [0.717, 1.165) is 7.11 Å². The van der Waals surface area contributed by atoms with E-state index in [1.165, 1.54) is 44.1 Å². The first-order valence-electron chi connectivity index (χ1n) is 7.76. The van der Waals surface area contributed by atoms with Crippen LogP contribution in [0.3, 0.4) is 0 Å². The summed E-state index contributed by atoms with van der Waals surface area (Å²) in [6, 6.07) is 9.03. The molecule has 1 aromatic rings. The number of benzene rings is 1. The van der Waals surface area contributed by atoms with E-state index in [-0.39, 0.29) is 0 Å². The van der Waals surface area contributed by atoms with Gasteiger partial charge >= 0.3 is 10.4 Å². The highest BCUT2D eigenvalue weighted by Gasteiger charge is 2.42. The third-order valence-corrected chi connectivity index (χ3v) is 5.03. The Morgan fingerprint density at radius 3 is 2.36 bits per heavy atom. The minimum Gasteiger partial charge on any atom is -0.264 e. The lowest BCUT2D eigenvalue weighted by Gasteiger charge is -2.29. The first-order chi connectivity index (χ1) is 10.4. The predicted octanol–water partition coefficient (Wildman–Crippen LogP) is 4.13. The van der Waals surface area contributed by atoms with E-state index in [9.17, 15) is 8.42 Å². The fourth-order valence-electron chi connectivity index (χ4n) is 3.71. The zero-order chi connectivity index (χ0) is 16.2. The molecule has 1 aromatic carbocycles. The lowest BCUT2D eigenvalue weighted by atomic mass is 9.74. The van der Waals surface area contributed by atoms with Gasteiger partial charge in [-0.2, -0.15) is 8.42 Å². The van der Waals surface area contributed by atoms with Crippen LogP contribution in [0, 0.1) is 0 Å². The van der Waals surface area contributed by atoms with Gasteiger partial charge in [0.2, 0.25) is 0 Å². The summed E-state index contributed by atoms with van der Waals surface area (Å²) < 4.78 is 29.7. The standard InChI is InChI=1S/C16H20.CH4O4S/c1-2-7-14-12-13-8-3-4-9-15(13)16(14)10-5-6-11-16;1-5-6(2,3)4/h3-4,8-9,12H,2,5-7,10-11H2,1H3;1H3,(H,2,3,4). The van der Waals surface area contributed by atoms with E-state index >= 15 is 0 Å². The lowest BCUT2D eigenvalue weighted by Crippen LogP contribution is -2.22. The minimum atomic E-state index is -4.16. The van der Waals surface area contributed by atoms with E-state index in [2.05, 4.69) is 41.4 Å². The van der Waals surface area contributed by atoms with Crippen LogP contribution >= 0.6 is 0 Å². The van der Waals surface area contributed by atoms with Crippen molar-refractivity contribution in [3.05, 3.63) is 41.0 Å². The van der Waals surface area contributed by atoms with E-state index in [4.69, 9.17) is 4.55 Å². The van der Waals surface area contributed by atoms with Crippen molar-refractivity contribution < 1.29 is 17.2 Å². The monoisotopic (exact) mass is 324 g/mol. The van der Waals surface area contributed by atoms with Gasteiger partial charge in [-0.15, -0.1) is 0 Å². The van der Waals surface area contributed by atoms with Crippen LogP contribution in [0.15, 0.2) is 29.8 Å².